The van der Waals surface area contributed by atoms with Crippen molar-refractivity contribution in [1.82, 2.24) is 19.3 Å². The van der Waals surface area contributed by atoms with E-state index in [1.807, 2.05) is 6.92 Å². The number of hydrogen-bond donors (Lipinski definition) is 0. The Bertz CT molecular complexity index is 863. The maximum absolute atomic E-state index is 12.8. The first-order valence-corrected chi connectivity index (χ1v) is 9.98. The van der Waals surface area contributed by atoms with Crippen LogP contribution in [0, 0.1) is 6.92 Å². The number of aryl methyl sites for hydroxylation is 1. The molecule has 3 rings (SSSR count). The minimum absolute atomic E-state index is 0.0377. The summed E-state index contributed by atoms with van der Waals surface area (Å²) in [6.07, 6.45) is 0. The third-order valence-corrected chi connectivity index (χ3v) is 6.85. The normalized spacial score (nSPS) is 18.4. The van der Waals surface area contributed by atoms with Crippen molar-refractivity contribution in [2.24, 2.45) is 0 Å². The van der Waals surface area contributed by atoms with Crippen molar-refractivity contribution >= 4 is 33.2 Å². The number of hydrogen-bond acceptors (Lipinski definition) is 6. The molecule has 2 aromatic rings. The van der Waals surface area contributed by atoms with E-state index >= 15 is 0 Å². The van der Waals surface area contributed by atoms with Crippen LogP contribution in [0.15, 0.2) is 27.6 Å². The van der Waals surface area contributed by atoms with Crippen molar-refractivity contribution in [3.63, 3.8) is 0 Å². The Morgan fingerprint density at radius 1 is 1.20 bits per heavy atom. The van der Waals surface area contributed by atoms with Gasteiger partial charge in [0, 0.05) is 31.2 Å². The SMILES string of the molecule is Cc1noc([C@H](C)N2CCN(S(=O)(=O)c3cc(Cl)ccc3Cl)CC2)n1. The van der Waals surface area contributed by atoms with Crippen molar-refractivity contribution in [2.45, 2.75) is 24.8 Å². The van der Waals surface area contributed by atoms with Crippen molar-refractivity contribution in [1.29, 1.82) is 0 Å². The van der Waals surface area contributed by atoms with Gasteiger partial charge < -0.3 is 4.52 Å². The molecule has 136 valence electrons. The highest BCUT2D eigenvalue weighted by Gasteiger charge is 2.32. The molecule has 1 aromatic carbocycles. The summed E-state index contributed by atoms with van der Waals surface area (Å²) in [6, 6.07) is 4.37. The molecule has 0 spiro atoms. The molecule has 0 unspecified atom stereocenters. The molecule has 2 heterocycles. The highest BCUT2D eigenvalue weighted by Crippen LogP contribution is 2.29. The minimum Gasteiger partial charge on any atom is -0.338 e. The molecule has 1 aromatic heterocycles. The molecule has 1 fully saturated rings. The fourth-order valence-electron chi connectivity index (χ4n) is 2.78. The van der Waals surface area contributed by atoms with Crippen LogP contribution in [-0.2, 0) is 10.0 Å². The first-order chi connectivity index (χ1) is 11.8. The van der Waals surface area contributed by atoms with Crippen molar-refractivity contribution in [2.75, 3.05) is 26.2 Å². The van der Waals surface area contributed by atoms with Crippen LogP contribution >= 0.6 is 23.2 Å². The van der Waals surface area contributed by atoms with Gasteiger partial charge in [0.1, 0.15) is 4.90 Å². The molecule has 1 atom stereocenters. The highest BCUT2D eigenvalue weighted by atomic mass is 35.5. The topological polar surface area (TPSA) is 79.5 Å². The van der Waals surface area contributed by atoms with Gasteiger partial charge in [-0.2, -0.15) is 9.29 Å². The molecule has 7 nitrogen and oxygen atoms in total. The van der Waals surface area contributed by atoms with Gasteiger partial charge in [-0.25, -0.2) is 8.42 Å². The summed E-state index contributed by atoms with van der Waals surface area (Å²) in [5.74, 6) is 1.12. The second-order valence-electron chi connectivity index (χ2n) is 5.87. The smallest absolute Gasteiger partial charge is 0.244 e. The number of halogens is 2. The van der Waals surface area contributed by atoms with Gasteiger partial charge in [0.25, 0.3) is 0 Å². The van der Waals surface area contributed by atoms with Crippen molar-refractivity contribution in [3.05, 3.63) is 40.0 Å². The van der Waals surface area contributed by atoms with Gasteiger partial charge in [0.2, 0.25) is 15.9 Å². The van der Waals surface area contributed by atoms with E-state index in [-0.39, 0.29) is 16.0 Å². The van der Waals surface area contributed by atoms with E-state index in [1.54, 1.807) is 13.0 Å². The molecule has 1 aliphatic heterocycles. The number of sulfonamides is 1. The fraction of sp³-hybridized carbons (Fsp3) is 0.467. The quantitative estimate of drug-likeness (QED) is 0.779. The number of benzene rings is 1. The van der Waals surface area contributed by atoms with E-state index in [2.05, 4.69) is 15.0 Å². The second-order valence-corrected chi connectivity index (χ2v) is 8.62. The van der Waals surface area contributed by atoms with Gasteiger partial charge >= 0.3 is 0 Å². The first kappa shape index (κ1) is 18.6. The summed E-state index contributed by atoms with van der Waals surface area (Å²) < 4.78 is 32.3. The number of rotatable bonds is 4. The highest BCUT2D eigenvalue weighted by molar-refractivity contribution is 7.89. The van der Waals surface area contributed by atoms with E-state index in [1.165, 1.54) is 16.4 Å². The molecule has 0 radical (unpaired) electrons. The van der Waals surface area contributed by atoms with Gasteiger partial charge in [0.15, 0.2) is 5.82 Å². The molecule has 10 heteroatoms. The van der Waals surface area contributed by atoms with Crippen LogP contribution < -0.4 is 0 Å². The summed E-state index contributed by atoms with van der Waals surface area (Å²) >= 11 is 12.0. The van der Waals surface area contributed by atoms with Gasteiger partial charge in [-0.05, 0) is 32.0 Å². The van der Waals surface area contributed by atoms with Crippen LogP contribution in [0.4, 0.5) is 0 Å². The molecular formula is C15H18Cl2N4O3S. The van der Waals surface area contributed by atoms with Crippen molar-refractivity contribution in [3.8, 4) is 0 Å². The van der Waals surface area contributed by atoms with E-state index in [0.29, 0.717) is 42.9 Å². The maximum Gasteiger partial charge on any atom is 0.244 e. The molecular weight excluding hydrogens is 387 g/mol. The average molecular weight is 405 g/mol. The zero-order valence-corrected chi connectivity index (χ0v) is 16.1. The van der Waals surface area contributed by atoms with Crippen LogP contribution in [0.1, 0.15) is 24.7 Å². The lowest BCUT2D eigenvalue weighted by atomic mass is 10.2. The lowest BCUT2D eigenvalue weighted by molar-refractivity contribution is 0.124. The van der Waals surface area contributed by atoms with E-state index in [0.717, 1.165) is 0 Å². The van der Waals surface area contributed by atoms with Crippen LogP contribution in [0.2, 0.25) is 10.0 Å². The summed E-state index contributed by atoms with van der Waals surface area (Å²) in [4.78, 5) is 6.39. The maximum atomic E-state index is 12.8. The number of aromatic nitrogens is 2. The van der Waals surface area contributed by atoms with Gasteiger partial charge in [0.05, 0.1) is 11.1 Å². The third kappa shape index (κ3) is 3.83. The Balaban J connectivity index is 1.72. The Morgan fingerprint density at radius 3 is 2.48 bits per heavy atom. The lowest BCUT2D eigenvalue weighted by Crippen LogP contribution is -2.49. The first-order valence-electron chi connectivity index (χ1n) is 7.78. The van der Waals surface area contributed by atoms with Gasteiger partial charge in [-0.1, -0.05) is 28.4 Å². The van der Waals surface area contributed by atoms with Crippen LogP contribution in [0.3, 0.4) is 0 Å². The van der Waals surface area contributed by atoms with Crippen molar-refractivity contribution < 1.29 is 12.9 Å². The van der Waals surface area contributed by atoms with Gasteiger partial charge in [-0.3, -0.25) is 4.90 Å². The minimum atomic E-state index is -3.69. The Morgan fingerprint density at radius 2 is 1.88 bits per heavy atom. The zero-order chi connectivity index (χ0) is 18.2. The molecule has 0 aliphatic carbocycles. The zero-order valence-electron chi connectivity index (χ0n) is 13.8. The van der Waals surface area contributed by atoms with Crippen LogP contribution in [-0.4, -0.2) is 53.9 Å². The largest absolute Gasteiger partial charge is 0.338 e. The molecule has 0 amide bonds. The molecule has 0 saturated carbocycles. The summed E-state index contributed by atoms with van der Waals surface area (Å²) in [6.45, 7) is 5.54. The Kier molecular flexibility index (Phi) is 5.36. The second kappa shape index (κ2) is 7.20. The molecule has 0 N–H and O–H groups in total. The monoisotopic (exact) mass is 404 g/mol. The van der Waals surface area contributed by atoms with E-state index < -0.39 is 10.0 Å². The predicted molar refractivity (Wildman–Crippen MR) is 94.2 cm³/mol. The molecule has 25 heavy (non-hydrogen) atoms. The molecule has 0 bridgehead atoms. The summed E-state index contributed by atoms with van der Waals surface area (Å²) in [7, 11) is -3.69. The van der Waals surface area contributed by atoms with Gasteiger partial charge in [-0.15, -0.1) is 0 Å². The lowest BCUT2D eigenvalue weighted by Gasteiger charge is -2.36. The van der Waals surface area contributed by atoms with Crippen LogP contribution in [0.25, 0.3) is 0 Å². The number of nitrogens with zero attached hydrogens (tertiary/aromatic N) is 4. The summed E-state index contributed by atoms with van der Waals surface area (Å²) in [5.41, 5.74) is 0. The van der Waals surface area contributed by atoms with Crippen LogP contribution in [0.5, 0.6) is 0 Å². The standard InChI is InChI=1S/C15H18Cl2N4O3S/c1-10(15-18-11(2)19-24-15)20-5-7-21(8-6-20)25(22,23)14-9-12(16)3-4-13(14)17/h3-4,9-10H,5-8H2,1-2H3/t10-/m0/s1. The number of piperazine rings is 1. The summed E-state index contributed by atoms with van der Waals surface area (Å²) in [5, 5.41) is 4.30. The Hall–Kier alpha value is -1.19. The van der Waals surface area contributed by atoms with E-state index in [4.69, 9.17) is 27.7 Å². The predicted octanol–water partition coefficient (Wildman–Crippen LogP) is 2.75. The average Bonchev–Trinajstić information content (AvgIpc) is 3.03. The molecule has 1 saturated heterocycles. The third-order valence-electron chi connectivity index (χ3n) is 4.23. The van der Waals surface area contributed by atoms with E-state index in [9.17, 15) is 8.42 Å². The Labute approximate surface area is 156 Å². The fourth-order valence-corrected chi connectivity index (χ4v) is 4.94. The molecule has 1 aliphatic rings.